The highest BCUT2D eigenvalue weighted by molar-refractivity contribution is 5.95. The third-order valence-corrected chi connectivity index (χ3v) is 6.31. The SMILES string of the molecule is CCC1CN(C(=O)c2cnn(-c3nn4cccc4c(=O)[nH]3)c2C)CC(CC)N1C(=O)OC(C)(C)C. The molecule has 1 N–H and O–H groups in total. The van der Waals surface area contributed by atoms with Crippen molar-refractivity contribution in [3.05, 3.63) is 46.1 Å². The highest BCUT2D eigenvalue weighted by Gasteiger charge is 2.40. The maximum absolute atomic E-state index is 13.6. The molecule has 1 fully saturated rings. The lowest BCUT2D eigenvalue weighted by Crippen LogP contribution is -2.62. The first-order valence-corrected chi connectivity index (χ1v) is 12.0. The van der Waals surface area contributed by atoms with Gasteiger partial charge in [-0.25, -0.2) is 14.0 Å². The van der Waals surface area contributed by atoms with Gasteiger partial charge in [0.25, 0.3) is 11.5 Å². The lowest BCUT2D eigenvalue weighted by molar-refractivity contribution is -0.0206. The van der Waals surface area contributed by atoms with Gasteiger partial charge in [0.15, 0.2) is 0 Å². The second-order valence-electron chi connectivity index (χ2n) is 9.89. The number of hydrogen-bond acceptors (Lipinski definition) is 6. The molecule has 0 aromatic carbocycles. The lowest BCUT2D eigenvalue weighted by Gasteiger charge is -2.46. The molecule has 11 heteroatoms. The smallest absolute Gasteiger partial charge is 0.410 e. The van der Waals surface area contributed by atoms with Crippen molar-refractivity contribution in [1.82, 2.24) is 34.2 Å². The predicted molar refractivity (Wildman–Crippen MR) is 130 cm³/mol. The Kier molecular flexibility index (Phi) is 6.44. The van der Waals surface area contributed by atoms with Crippen LogP contribution in [-0.2, 0) is 4.74 Å². The summed E-state index contributed by atoms with van der Waals surface area (Å²) < 4.78 is 8.59. The minimum atomic E-state index is -0.592. The average molecular weight is 484 g/mol. The maximum Gasteiger partial charge on any atom is 0.410 e. The summed E-state index contributed by atoms with van der Waals surface area (Å²) >= 11 is 0. The highest BCUT2D eigenvalue weighted by atomic mass is 16.6. The summed E-state index contributed by atoms with van der Waals surface area (Å²) in [7, 11) is 0. The average Bonchev–Trinajstić information content (AvgIpc) is 3.43. The van der Waals surface area contributed by atoms with Crippen LogP contribution in [0.1, 0.15) is 63.5 Å². The summed E-state index contributed by atoms with van der Waals surface area (Å²) in [5.74, 6) is 0.0572. The van der Waals surface area contributed by atoms with E-state index in [1.165, 1.54) is 15.4 Å². The molecule has 2 amide bonds. The first kappa shape index (κ1) is 24.5. The van der Waals surface area contributed by atoms with Gasteiger partial charge in [-0.1, -0.05) is 13.8 Å². The zero-order chi connectivity index (χ0) is 25.5. The number of H-pyrrole nitrogens is 1. The number of aromatic amines is 1. The summed E-state index contributed by atoms with van der Waals surface area (Å²) in [5.41, 5.74) is 0.535. The van der Waals surface area contributed by atoms with E-state index in [1.54, 1.807) is 35.1 Å². The number of carbonyl (C=O) groups is 2. The normalized spacial score (nSPS) is 18.8. The number of ether oxygens (including phenoxy) is 1. The number of nitrogens with zero attached hydrogens (tertiary/aromatic N) is 6. The number of piperazine rings is 1. The molecule has 4 rings (SSSR count). The number of hydrogen-bond donors (Lipinski definition) is 1. The van der Waals surface area contributed by atoms with Crippen molar-refractivity contribution in [1.29, 1.82) is 0 Å². The van der Waals surface area contributed by atoms with Gasteiger partial charge in [-0.05, 0) is 52.7 Å². The Bertz CT molecular complexity index is 1290. The van der Waals surface area contributed by atoms with Crippen molar-refractivity contribution >= 4 is 17.5 Å². The third-order valence-electron chi connectivity index (χ3n) is 6.31. The molecule has 0 radical (unpaired) electrons. The Morgan fingerprint density at radius 1 is 1.17 bits per heavy atom. The number of rotatable bonds is 4. The molecule has 0 aliphatic carbocycles. The van der Waals surface area contributed by atoms with Crippen LogP contribution in [-0.4, -0.2) is 77.0 Å². The molecule has 0 spiro atoms. The molecule has 2 atom stereocenters. The number of aromatic nitrogens is 5. The van der Waals surface area contributed by atoms with E-state index in [9.17, 15) is 14.4 Å². The van der Waals surface area contributed by atoms with Crippen LogP contribution >= 0.6 is 0 Å². The molecule has 1 aliphatic heterocycles. The van der Waals surface area contributed by atoms with Crippen LogP contribution in [0.25, 0.3) is 11.5 Å². The topological polar surface area (TPSA) is 118 Å². The number of amides is 2. The molecular weight excluding hydrogens is 450 g/mol. The van der Waals surface area contributed by atoms with Crippen molar-refractivity contribution in [3.63, 3.8) is 0 Å². The number of carbonyl (C=O) groups excluding carboxylic acids is 2. The number of nitrogens with one attached hydrogen (secondary N) is 1. The van der Waals surface area contributed by atoms with Crippen molar-refractivity contribution in [2.75, 3.05) is 13.1 Å². The molecule has 188 valence electrons. The van der Waals surface area contributed by atoms with Crippen LogP contribution < -0.4 is 5.56 Å². The maximum atomic E-state index is 13.6. The predicted octanol–water partition coefficient (Wildman–Crippen LogP) is 2.77. The van der Waals surface area contributed by atoms with Crippen LogP contribution in [0.15, 0.2) is 29.3 Å². The molecule has 3 aromatic rings. The molecule has 3 aromatic heterocycles. The van der Waals surface area contributed by atoms with Gasteiger partial charge < -0.3 is 9.64 Å². The molecule has 35 heavy (non-hydrogen) atoms. The summed E-state index contributed by atoms with van der Waals surface area (Å²) in [4.78, 5) is 45.2. The van der Waals surface area contributed by atoms with Gasteiger partial charge in [0, 0.05) is 19.3 Å². The van der Waals surface area contributed by atoms with E-state index in [2.05, 4.69) is 15.2 Å². The van der Waals surface area contributed by atoms with E-state index in [-0.39, 0.29) is 35.6 Å². The van der Waals surface area contributed by atoms with Gasteiger partial charge in [-0.3, -0.25) is 19.5 Å². The summed E-state index contributed by atoms with van der Waals surface area (Å²) in [6, 6.07) is 3.09. The molecule has 1 saturated heterocycles. The summed E-state index contributed by atoms with van der Waals surface area (Å²) in [5, 5.41) is 8.73. The first-order chi connectivity index (χ1) is 16.5. The molecule has 1 aliphatic rings. The Hall–Kier alpha value is -3.63. The monoisotopic (exact) mass is 483 g/mol. The second kappa shape index (κ2) is 9.20. The Morgan fingerprint density at radius 3 is 2.43 bits per heavy atom. The van der Waals surface area contributed by atoms with E-state index in [1.807, 2.05) is 34.6 Å². The standard InChI is InChI=1S/C24H33N7O4/c1-7-16-13-28(14-17(8-2)30(16)23(34)35-24(4,5)6)21(33)18-12-25-31(15(18)3)22-26-20(32)19-10-9-11-29(19)27-22/h9-12,16-17H,7-8,13-14H2,1-6H3,(H,26,27,32). The van der Waals surface area contributed by atoms with E-state index in [4.69, 9.17) is 4.74 Å². The minimum Gasteiger partial charge on any atom is -0.444 e. The van der Waals surface area contributed by atoms with E-state index in [0.29, 0.717) is 42.7 Å². The van der Waals surface area contributed by atoms with E-state index in [0.717, 1.165) is 0 Å². The fourth-order valence-corrected chi connectivity index (χ4v) is 4.52. The van der Waals surface area contributed by atoms with Crippen molar-refractivity contribution in [3.8, 4) is 5.95 Å². The van der Waals surface area contributed by atoms with Crippen LogP contribution in [0.2, 0.25) is 0 Å². The Labute approximate surface area is 203 Å². The van der Waals surface area contributed by atoms with Gasteiger partial charge in [-0.2, -0.15) is 5.10 Å². The van der Waals surface area contributed by atoms with Crippen molar-refractivity contribution < 1.29 is 14.3 Å². The highest BCUT2D eigenvalue weighted by Crippen LogP contribution is 2.25. The Morgan fingerprint density at radius 2 is 1.83 bits per heavy atom. The lowest BCUT2D eigenvalue weighted by atomic mass is 10.0. The van der Waals surface area contributed by atoms with Crippen molar-refractivity contribution in [2.24, 2.45) is 0 Å². The van der Waals surface area contributed by atoms with Crippen LogP contribution in [0.3, 0.4) is 0 Å². The van der Waals surface area contributed by atoms with Gasteiger partial charge in [-0.15, -0.1) is 5.10 Å². The van der Waals surface area contributed by atoms with Crippen LogP contribution in [0.5, 0.6) is 0 Å². The molecule has 4 heterocycles. The van der Waals surface area contributed by atoms with Gasteiger partial charge in [0.05, 0.1) is 29.5 Å². The molecule has 11 nitrogen and oxygen atoms in total. The van der Waals surface area contributed by atoms with Gasteiger partial charge >= 0.3 is 6.09 Å². The molecule has 0 saturated carbocycles. The van der Waals surface area contributed by atoms with Crippen LogP contribution in [0, 0.1) is 6.92 Å². The quantitative estimate of drug-likeness (QED) is 0.610. The van der Waals surface area contributed by atoms with E-state index < -0.39 is 5.60 Å². The van der Waals surface area contributed by atoms with Crippen molar-refractivity contribution in [2.45, 2.75) is 72.1 Å². The zero-order valence-electron chi connectivity index (χ0n) is 21.1. The molecular formula is C24H33N7O4. The van der Waals surface area contributed by atoms with Gasteiger partial charge in [0.2, 0.25) is 5.95 Å². The van der Waals surface area contributed by atoms with Crippen LogP contribution in [0.4, 0.5) is 4.79 Å². The second-order valence-corrected chi connectivity index (χ2v) is 9.89. The summed E-state index contributed by atoms with van der Waals surface area (Å²) in [6.45, 7) is 12.1. The fraction of sp³-hybridized carbons (Fsp3) is 0.542. The largest absolute Gasteiger partial charge is 0.444 e. The van der Waals surface area contributed by atoms with Gasteiger partial charge in [0.1, 0.15) is 11.1 Å². The first-order valence-electron chi connectivity index (χ1n) is 12.0. The Balaban J connectivity index is 1.59. The van der Waals surface area contributed by atoms with E-state index >= 15 is 0 Å². The zero-order valence-corrected chi connectivity index (χ0v) is 21.1. The number of fused-ring (bicyclic) bond motifs is 1. The minimum absolute atomic E-state index is 0.156. The third kappa shape index (κ3) is 4.67. The molecule has 0 bridgehead atoms. The fourth-order valence-electron chi connectivity index (χ4n) is 4.52. The summed E-state index contributed by atoms with van der Waals surface area (Å²) in [6.07, 6.45) is 4.22. The molecule has 2 unspecified atom stereocenters.